The zero-order valence-electron chi connectivity index (χ0n) is 11.4. The molecule has 106 valence electrons. The second-order valence-corrected chi connectivity index (χ2v) is 5.01. The predicted octanol–water partition coefficient (Wildman–Crippen LogP) is 1.08. The minimum Gasteiger partial charge on any atom is -0.480 e. The summed E-state index contributed by atoms with van der Waals surface area (Å²) in [5.41, 5.74) is 5.24. The topological polar surface area (TPSA) is 98.7 Å². The van der Waals surface area contributed by atoms with Crippen LogP contribution in [0.25, 0.3) is 0 Å². The van der Waals surface area contributed by atoms with Crippen LogP contribution in [0.4, 0.5) is 0 Å². The van der Waals surface area contributed by atoms with Crippen LogP contribution in [0.3, 0.4) is 0 Å². The van der Waals surface area contributed by atoms with Crippen molar-refractivity contribution < 1.29 is 19.8 Å². The normalized spacial score (nSPS) is 16.3. The maximum absolute atomic E-state index is 11.1. The van der Waals surface area contributed by atoms with Crippen LogP contribution in [0.15, 0.2) is 0 Å². The Hall–Kier alpha value is -1.14. The summed E-state index contributed by atoms with van der Waals surface area (Å²) in [5, 5.41) is 18.1. The lowest BCUT2D eigenvalue weighted by molar-refractivity contribution is -0.144. The lowest BCUT2D eigenvalue weighted by atomic mass is 10.00. The molecule has 18 heavy (non-hydrogen) atoms. The van der Waals surface area contributed by atoms with Crippen LogP contribution in [0, 0.1) is 11.8 Å². The second-order valence-electron chi connectivity index (χ2n) is 5.01. The lowest BCUT2D eigenvalue weighted by Gasteiger charge is -2.24. The Balaban J connectivity index is 4.46. The number of carboxylic acids is 2. The molecule has 0 rings (SSSR count). The molecular weight excluding hydrogens is 236 g/mol. The minimum atomic E-state index is -0.982. The molecule has 0 fully saturated rings. The van der Waals surface area contributed by atoms with Gasteiger partial charge in [0.25, 0.3) is 0 Å². The highest BCUT2D eigenvalue weighted by Gasteiger charge is 2.26. The van der Waals surface area contributed by atoms with Crippen molar-refractivity contribution >= 4 is 11.9 Å². The summed E-state index contributed by atoms with van der Waals surface area (Å²) >= 11 is 0. The average Bonchev–Trinajstić information content (AvgIpc) is 2.26. The molecule has 6 nitrogen and oxygen atoms in total. The van der Waals surface area contributed by atoms with Crippen LogP contribution in [-0.4, -0.2) is 34.2 Å². The first-order chi connectivity index (χ1) is 8.29. The number of nitrogens with one attached hydrogen (secondary N) is 2. The van der Waals surface area contributed by atoms with Crippen LogP contribution in [0.1, 0.15) is 40.5 Å². The number of aliphatic carboxylic acids is 2. The predicted molar refractivity (Wildman–Crippen MR) is 68.0 cm³/mol. The molecule has 0 aliphatic carbocycles. The first-order valence-corrected chi connectivity index (χ1v) is 6.26. The Morgan fingerprint density at radius 1 is 1.06 bits per heavy atom. The molecule has 0 saturated heterocycles. The van der Waals surface area contributed by atoms with Gasteiger partial charge >= 0.3 is 11.9 Å². The van der Waals surface area contributed by atoms with Crippen LogP contribution in [-0.2, 0) is 9.59 Å². The van der Waals surface area contributed by atoms with Gasteiger partial charge in [-0.3, -0.25) is 9.59 Å². The zero-order valence-corrected chi connectivity index (χ0v) is 11.4. The summed E-state index contributed by atoms with van der Waals surface area (Å²) < 4.78 is 0. The molecule has 0 radical (unpaired) electrons. The Bertz CT molecular complexity index is 281. The van der Waals surface area contributed by atoms with Gasteiger partial charge in [0.15, 0.2) is 0 Å². The Morgan fingerprint density at radius 2 is 1.61 bits per heavy atom. The van der Waals surface area contributed by atoms with E-state index in [1.807, 2.05) is 27.7 Å². The van der Waals surface area contributed by atoms with Gasteiger partial charge < -0.3 is 10.2 Å². The van der Waals surface area contributed by atoms with Crippen molar-refractivity contribution in [2.75, 3.05) is 0 Å². The molecule has 0 saturated carbocycles. The second kappa shape index (κ2) is 8.05. The Morgan fingerprint density at radius 3 is 1.94 bits per heavy atom. The van der Waals surface area contributed by atoms with Crippen molar-refractivity contribution in [3.8, 4) is 0 Å². The SMILES string of the molecule is CC[C@H](C)[C@H](NN[C@@H](CC(C)C)C(=O)O)C(=O)O. The van der Waals surface area contributed by atoms with Crippen molar-refractivity contribution in [3.05, 3.63) is 0 Å². The van der Waals surface area contributed by atoms with Crippen molar-refractivity contribution in [3.63, 3.8) is 0 Å². The Kier molecular flexibility index (Phi) is 7.54. The quantitative estimate of drug-likeness (QED) is 0.463. The van der Waals surface area contributed by atoms with E-state index in [0.717, 1.165) is 0 Å². The van der Waals surface area contributed by atoms with Gasteiger partial charge in [-0.1, -0.05) is 34.1 Å². The summed E-state index contributed by atoms with van der Waals surface area (Å²) in [6.07, 6.45) is 1.14. The summed E-state index contributed by atoms with van der Waals surface area (Å²) in [7, 11) is 0. The van der Waals surface area contributed by atoms with E-state index in [-0.39, 0.29) is 11.8 Å². The third kappa shape index (κ3) is 5.97. The van der Waals surface area contributed by atoms with Gasteiger partial charge in [-0.25, -0.2) is 10.9 Å². The molecule has 3 atom stereocenters. The number of carboxylic acid groups (broad SMARTS) is 2. The highest BCUT2D eigenvalue weighted by Crippen LogP contribution is 2.08. The number of carbonyl (C=O) groups is 2. The van der Waals surface area contributed by atoms with Crippen molar-refractivity contribution in [1.82, 2.24) is 10.9 Å². The molecule has 0 aromatic rings. The molecule has 0 aromatic carbocycles. The zero-order chi connectivity index (χ0) is 14.3. The van der Waals surface area contributed by atoms with Crippen LogP contribution < -0.4 is 10.9 Å². The molecule has 4 N–H and O–H groups in total. The molecule has 0 aliphatic heterocycles. The molecule has 0 unspecified atom stereocenters. The molecule has 0 heterocycles. The van der Waals surface area contributed by atoms with E-state index in [2.05, 4.69) is 10.9 Å². The third-order valence-corrected chi connectivity index (χ3v) is 2.90. The molecule has 6 heteroatoms. The number of hydrogen-bond donors (Lipinski definition) is 4. The Labute approximate surface area is 108 Å². The van der Waals surface area contributed by atoms with Crippen molar-refractivity contribution in [2.45, 2.75) is 52.6 Å². The van der Waals surface area contributed by atoms with Crippen LogP contribution in [0.5, 0.6) is 0 Å². The monoisotopic (exact) mass is 260 g/mol. The highest BCUT2D eigenvalue weighted by atomic mass is 16.4. The van der Waals surface area contributed by atoms with Gasteiger partial charge in [-0.2, -0.15) is 0 Å². The first-order valence-electron chi connectivity index (χ1n) is 6.26. The smallest absolute Gasteiger partial charge is 0.322 e. The maximum Gasteiger partial charge on any atom is 0.322 e. The van der Waals surface area contributed by atoms with Gasteiger partial charge in [0.05, 0.1) is 0 Å². The summed E-state index contributed by atoms with van der Waals surface area (Å²) in [6, 6.07) is -1.57. The molecule has 0 aliphatic rings. The largest absolute Gasteiger partial charge is 0.480 e. The van der Waals surface area contributed by atoms with Gasteiger partial charge in [0.2, 0.25) is 0 Å². The van der Waals surface area contributed by atoms with E-state index in [1.165, 1.54) is 0 Å². The number of hydrazine groups is 1. The maximum atomic E-state index is 11.1. The molecule has 0 amide bonds. The molecule has 0 spiro atoms. The highest BCUT2D eigenvalue weighted by molar-refractivity contribution is 5.75. The summed E-state index contributed by atoms with van der Waals surface area (Å²) in [5.74, 6) is -1.83. The van der Waals surface area contributed by atoms with Crippen LogP contribution >= 0.6 is 0 Å². The third-order valence-electron chi connectivity index (χ3n) is 2.90. The van der Waals surface area contributed by atoms with E-state index in [1.54, 1.807) is 0 Å². The van der Waals surface area contributed by atoms with Gasteiger partial charge in [0, 0.05) is 0 Å². The molecule has 0 aromatic heterocycles. The van der Waals surface area contributed by atoms with E-state index in [0.29, 0.717) is 12.8 Å². The lowest BCUT2D eigenvalue weighted by Crippen LogP contribution is -2.54. The van der Waals surface area contributed by atoms with Crippen molar-refractivity contribution in [2.24, 2.45) is 11.8 Å². The van der Waals surface area contributed by atoms with E-state index in [4.69, 9.17) is 10.2 Å². The number of rotatable bonds is 9. The fraction of sp³-hybridized carbons (Fsp3) is 0.833. The van der Waals surface area contributed by atoms with Crippen LogP contribution in [0.2, 0.25) is 0 Å². The summed E-state index contributed by atoms with van der Waals surface area (Å²) in [6.45, 7) is 7.54. The number of hydrogen-bond acceptors (Lipinski definition) is 4. The van der Waals surface area contributed by atoms with E-state index in [9.17, 15) is 9.59 Å². The average molecular weight is 260 g/mol. The summed E-state index contributed by atoms with van der Waals surface area (Å²) in [4.78, 5) is 22.1. The van der Waals surface area contributed by atoms with Gasteiger partial charge in [-0.15, -0.1) is 0 Å². The first kappa shape index (κ1) is 16.9. The molecule has 0 bridgehead atoms. The standard InChI is InChI=1S/C12H24N2O4/c1-5-8(4)10(12(17)18)14-13-9(11(15)16)6-7(2)3/h7-10,13-14H,5-6H2,1-4H3,(H,15,16)(H,17,18)/t8-,9-,10-/m0/s1. The van der Waals surface area contributed by atoms with E-state index >= 15 is 0 Å². The fourth-order valence-electron chi connectivity index (χ4n) is 1.57. The van der Waals surface area contributed by atoms with Gasteiger partial charge in [-0.05, 0) is 18.3 Å². The van der Waals surface area contributed by atoms with Gasteiger partial charge in [0.1, 0.15) is 12.1 Å². The van der Waals surface area contributed by atoms with E-state index < -0.39 is 24.0 Å². The fourth-order valence-corrected chi connectivity index (χ4v) is 1.57. The van der Waals surface area contributed by atoms with Crippen molar-refractivity contribution in [1.29, 1.82) is 0 Å². The molecular formula is C12H24N2O4. The minimum absolute atomic E-state index is 0.0801.